The summed E-state index contributed by atoms with van der Waals surface area (Å²) in [5, 5.41) is 0. The molecule has 184 valence electrons. The molecular formula is C30H35NO4. The van der Waals surface area contributed by atoms with Gasteiger partial charge in [0.15, 0.2) is 11.5 Å². The second-order valence-corrected chi connectivity index (χ2v) is 10.6. The standard InChI is InChI=1S/C30H35NO4/c1-3-31-26-12-11-23(34-22-6-4-5-7-22)18-24(26)25(30(31)32)15-20-9-13-27(33-2)29(17-20)35-28-16-19-8-10-21(28)14-19/h9,11-13,15,17-19,21-22,28H,3-8,10,14,16H2,1-2H3/b25-15-/t19-,21?,28-/m1/s1. The smallest absolute Gasteiger partial charge is 0.258 e. The van der Waals surface area contributed by atoms with Crippen molar-refractivity contribution in [3.63, 3.8) is 0 Å². The van der Waals surface area contributed by atoms with Gasteiger partial charge in [0.1, 0.15) is 11.9 Å². The van der Waals surface area contributed by atoms with E-state index in [2.05, 4.69) is 0 Å². The topological polar surface area (TPSA) is 48.0 Å². The van der Waals surface area contributed by atoms with Crippen LogP contribution in [-0.4, -0.2) is 31.8 Å². The number of benzene rings is 2. The number of nitrogens with zero attached hydrogens (tertiary/aromatic N) is 1. The Hall–Kier alpha value is -2.95. The number of fused-ring (bicyclic) bond motifs is 3. The summed E-state index contributed by atoms with van der Waals surface area (Å²) in [5.41, 5.74) is 3.54. The number of methoxy groups -OCH3 is 1. The van der Waals surface area contributed by atoms with Gasteiger partial charge in [0.2, 0.25) is 0 Å². The largest absolute Gasteiger partial charge is 0.493 e. The molecule has 5 heteroatoms. The molecule has 2 aromatic rings. The minimum absolute atomic E-state index is 0.0342. The normalized spacial score (nSPS) is 26.6. The number of anilines is 1. The highest BCUT2D eigenvalue weighted by Crippen LogP contribution is 2.47. The van der Waals surface area contributed by atoms with Crippen LogP contribution in [0.1, 0.15) is 69.4 Å². The van der Waals surface area contributed by atoms with Gasteiger partial charge in [-0.05, 0) is 112 Å². The van der Waals surface area contributed by atoms with E-state index in [0.717, 1.165) is 59.2 Å². The molecule has 0 radical (unpaired) electrons. The van der Waals surface area contributed by atoms with E-state index >= 15 is 0 Å². The van der Waals surface area contributed by atoms with E-state index < -0.39 is 0 Å². The second kappa shape index (κ2) is 9.25. The maximum Gasteiger partial charge on any atom is 0.258 e. The average molecular weight is 474 g/mol. The lowest BCUT2D eigenvalue weighted by Crippen LogP contribution is -2.25. The molecular weight excluding hydrogens is 438 g/mol. The predicted molar refractivity (Wildman–Crippen MR) is 138 cm³/mol. The van der Waals surface area contributed by atoms with Crippen LogP contribution in [0.25, 0.3) is 11.6 Å². The van der Waals surface area contributed by atoms with Crippen molar-refractivity contribution in [2.45, 2.75) is 70.5 Å². The zero-order chi connectivity index (χ0) is 23.9. The first-order valence-corrected chi connectivity index (χ1v) is 13.3. The Balaban J connectivity index is 1.31. The highest BCUT2D eigenvalue weighted by Gasteiger charge is 2.41. The van der Waals surface area contributed by atoms with Crippen molar-refractivity contribution in [1.82, 2.24) is 0 Å². The number of carbonyl (C=O) groups is 1. The van der Waals surface area contributed by atoms with E-state index in [1.54, 1.807) is 7.11 Å². The van der Waals surface area contributed by atoms with Crippen molar-refractivity contribution in [3.05, 3.63) is 47.5 Å². The van der Waals surface area contributed by atoms with Gasteiger partial charge in [0.25, 0.3) is 5.91 Å². The van der Waals surface area contributed by atoms with Crippen LogP contribution in [0.4, 0.5) is 5.69 Å². The first-order valence-electron chi connectivity index (χ1n) is 13.3. The van der Waals surface area contributed by atoms with Gasteiger partial charge in [-0.2, -0.15) is 0 Å². The monoisotopic (exact) mass is 473 g/mol. The van der Waals surface area contributed by atoms with E-state index in [-0.39, 0.29) is 18.1 Å². The number of amides is 1. The van der Waals surface area contributed by atoms with Crippen molar-refractivity contribution in [2.24, 2.45) is 11.8 Å². The average Bonchev–Trinajstić information content (AvgIpc) is 3.66. The molecule has 0 saturated heterocycles. The fraction of sp³-hybridized carbons (Fsp3) is 0.500. The molecule has 3 atom stereocenters. The molecule has 1 aliphatic heterocycles. The first kappa shape index (κ1) is 22.5. The van der Waals surface area contributed by atoms with Crippen LogP contribution in [0, 0.1) is 11.8 Å². The van der Waals surface area contributed by atoms with Gasteiger partial charge in [-0.25, -0.2) is 0 Å². The van der Waals surface area contributed by atoms with Crippen LogP contribution in [-0.2, 0) is 4.79 Å². The number of hydrogen-bond donors (Lipinski definition) is 0. The van der Waals surface area contributed by atoms with Crippen LogP contribution in [0.15, 0.2) is 36.4 Å². The van der Waals surface area contributed by atoms with Crippen LogP contribution >= 0.6 is 0 Å². The van der Waals surface area contributed by atoms with Gasteiger partial charge < -0.3 is 19.1 Å². The van der Waals surface area contributed by atoms with Crippen LogP contribution in [0.5, 0.6) is 17.2 Å². The van der Waals surface area contributed by atoms with Crippen LogP contribution in [0.3, 0.4) is 0 Å². The molecule has 3 fully saturated rings. The Labute approximate surface area is 208 Å². The predicted octanol–water partition coefficient (Wildman–Crippen LogP) is 6.49. The molecule has 2 aromatic carbocycles. The van der Waals surface area contributed by atoms with E-state index in [1.807, 2.05) is 54.3 Å². The summed E-state index contributed by atoms with van der Waals surface area (Å²) in [6, 6.07) is 12.1. The Kier molecular flexibility index (Phi) is 5.95. The highest BCUT2D eigenvalue weighted by molar-refractivity contribution is 6.35. The number of carbonyl (C=O) groups excluding carboxylic acids is 1. The van der Waals surface area contributed by atoms with Crippen LogP contribution in [0.2, 0.25) is 0 Å². The third-order valence-electron chi connectivity index (χ3n) is 8.40. The SMILES string of the molecule is CCN1C(=O)/C(=C\c2ccc(OC)c(O[C@@H]3C[C@@H]4CCC3C4)c2)c2cc(OC3CCCC3)ccc21. The van der Waals surface area contributed by atoms with Crippen molar-refractivity contribution in [2.75, 3.05) is 18.6 Å². The van der Waals surface area contributed by atoms with Gasteiger partial charge in [-0.3, -0.25) is 4.79 Å². The van der Waals surface area contributed by atoms with Gasteiger partial charge in [-0.1, -0.05) is 6.07 Å². The Morgan fingerprint density at radius 2 is 1.83 bits per heavy atom. The first-order chi connectivity index (χ1) is 17.1. The van der Waals surface area contributed by atoms with E-state index in [9.17, 15) is 4.79 Å². The van der Waals surface area contributed by atoms with E-state index in [0.29, 0.717) is 18.0 Å². The number of rotatable bonds is 7. The Bertz CT molecular complexity index is 1150. The van der Waals surface area contributed by atoms with Gasteiger partial charge in [0.05, 0.1) is 18.9 Å². The molecule has 35 heavy (non-hydrogen) atoms. The van der Waals surface area contributed by atoms with Gasteiger partial charge in [-0.15, -0.1) is 0 Å². The summed E-state index contributed by atoms with van der Waals surface area (Å²) >= 11 is 0. The number of hydrogen-bond acceptors (Lipinski definition) is 4. The summed E-state index contributed by atoms with van der Waals surface area (Å²) in [6.07, 6.45) is 12.3. The van der Waals surface area contributed by atoms with E-state index in [4.69, 9.17) is 14.2 Å². The lowest BCUT2D eigenvalue weighted by atomic mass is 9.97. The highest BCUT2D eigenvalue weighted by atomic mass is 16.5. The fourth-order valence-electron chi connectivity index (χ4n) is 6.60. The molecule has 1 amide bonds. The molecule has 1 heterocycles. The number of likely N-dealkylation sites (N-methyl/N-ethyl adjacent to an activating group) is 1. The molecule has 3 saturated carbocycles. The van der Waals surface area contributed by atoms with Crippen molar-refractivity contribution in [3.8, 4) is 17.2 Å². The molecule has 3 aliphatic carbocycles. The molecule has 6 rings (SSSR count). The molecule has 1 unspecified atom stereocenters. The lowest BCUT2D eigenvalue weighted by molar-refractivity contribution is -0.112. The molecule has 5 nitrogen and oxygen atoms in total. The summed E-state index contributed by atoms with van der Waals surface area (Å²) < 4.78 is 18.4. The minimum atomic E-state index is 0.0342. The molecule has 2 bridgehead atoms. The fourth-order valence-corrected chi connectivity index (χ4v) is 6.60. The van der Waals surface area contributed by atoms with Gasteiger partial charge >= 0.3 is 0 Å². The molecule has 0 aromatic heterocycles. The lowest BCUT2D eigenvalue weighted by Gasteiger charge is -2.24. The Morgan fingerprint density at radius 3 is 2.54 bits per heavy atom. The third kappa shape index (κ3) is 4.19. The third-order valence-corrected chi connectivity index (χ3v) is 8.40. The molecule has 0 spiro atoms. The zero-order valence-corrected chi connectivity index (χ0v) is 20.8. The van der Waals surface area contributed by atoms with Crippen molar-refractivity contribution < 1.29 is 19.0 Å². The maximum absolute atomic E-state index is 13.4. The van der Waals surface area contributed by atoms with Crippen LogP contribution < -0.4 is 19.1 Å². The van der Waals surface area contributed by atoms with Gasteiger partial charge in [0, 0.05) is 17.7 Å². The summed E-state index contributed by atoms with van der Waals surface area (Å²) in [5.74, 6) is 3.88. The maximum atomic E-state index is 13.4. The second-order valence-electron chi connectivity index (χ2n) is 10.6. The Morgan fingerprint density at radius 1 is 0.971 bits per heavy atom. The zero-order valence-electron chi connectivity index (χ0n) is 20.8. The minimum Gasteiger partial charge on any atom is -0.493 e. The summed E-state index contributed by atoms with van der Waals surface area (Å²) in [4.78, 5) is 15.2. The van der Waals surface area contributed by atoms with Crippen molar-refractivity contribution in [1.29, 1.82) is 0 Å². The molecule has 0 N–H and O–H groups in total. The molecule has 4 aliphatic rings. The van der Waals surface area contributed by atoms with Crippen molar-refractivity contribution >= 4 is 23.2 Å². The van der Waals surface area contributed by atoms with E-state index in [1.165, 1.54) is 32.1 Å². The summed E-state index contributed by atoms with van der Waals surface area (Å²) in [6.45, 7) is 2.65. The number of ether oxygens (including phenoxy) is 3. The quantitative estimate of drug-likeness (QED) is 0.431. The summed E-state index contributed by atoms with van der Waals surface area (Å²) in [7, 11) is 1.68.